The van der Waals surface area contributed by atoms with Crippen LogP contribution in [0.5, 0.6) is 0 Å². The summed E-state index contributed by atoms with van der Waals surface area (Å²) in [6, 6.07) is 0.367. The maximum absolute atomic E-state index is 11.5. The molecule has 2 aliphatic rings. The molecule has 146 valence electrons. The topological polar surface area (TPSA) is 66.0 Å². The van der Waals surface area contributed by atoms with Crippen molar-refractivity contribution >= 4 is 36.0 Å². The van der Waals surface area contributed by atoms with Crippen LogP contribution < -0.4 is 10.6 Å². The second-order valence-electron chi connectivity index (χ2n) is 7.30. The number of aliphatic imine (C=N–C) groups is 1. The average Bonchev–Trinajstić information content (AvgIpc) is 2.61. The third kappa shape index (κ3) is 7.58. The number of rotatable bonds is 4. The van der Waals surface area contributed by atoms with Crippen molar-refractivity contribution in [3.05, 3.63) is 0 Å². The lowest BCUT2D eigenvalue weighted by Gasteiger charge is -2.32. The maximum Gasteiger partial charge on any atom is 0.409 e. The summed E-state index contributed by atoms with van der Waals surface area (Å²) < 4.78 is 4.78. The zero-order valence-corrected chi connectivity index (χ0v) is 18.3. The van der Waals surface area contributed by atoms with Gasteiger partial charge in [0.2, 0.25) is 0 Å². The third-order valence-electron chi connectivity index (χ3n) is 5.38. The first-order valence-corrected chi connectivity index (χ1v) is 9.42. The van der Waals surface area contributed by atoms with E-state index in [9.17, 15) is 4.79 Å². The molecule has 7 heteroatoms. The summed E-state index contributed by atoms with van der Waals surface area (Å²) in [5.74, 6) is 2.64. The molecule has 0 aromatic carbocycles. The number of guanidine groups is 1. The number of methoxy groups -OCH3 is 1. The molecule has 0 radical (unpaired) electrons. The number of ether oxygens (including phenoxy) is 1. The van der Waals surface area contributed by atoms with Crippen molar-refractivity contribution in [1.82, 2.24) is 15.5 Å². The van der Waals surface area contributed by atoms with E-state index in [-0.39, 0.29) is 30.1 Å². The summed E-state index contributed by atoms with van der Waals surface area (Å²) in [5, 5.41) is 6.95. The van der Waals surface area contributed by atoms with E-state index in [4.69, 9.17) is 4.74 Å². The lowest BCUT2D eigenvalue weighted by Crippen LogP contribution is -2.50. The molecule has 1 saturated heterocycles. The van der Waals surface area contributed by atoms with Gasteiger partial charge < -0.3 is 20.3 Å². The smallest absolute Gasteiger partial charge is 0.409 e. The minimum absolute atomic E-state index is 0. The first-order valence-electron chi connectivity index (χ1n) is 9.42. The highest BCUT2D eigenvalue weighted by atomic mass is 127. The molecular formula is C18H35IN4O2. The van der Waals surface area contributed by atoms with Gasteiger partial charge in [-0.25, -0.2) is 4.79 Å². The van der Waals surface area contributed by atoms with Crippen molar-refractivity contribution in [2.24, 2.45) is 16.8 Å². The highest BCUT2D eigenvalue weighted by Crippen LogP contribution is 2.30. The Balaban J connectivity index is 0.00000312. The molecule has 1 aliphatic carbocycles. The van der Waals surface area contributed by atoms with Gasteiger partial charge in [-0.05, 0) is 37.5 Å². The van der Waals surface area contributed by atoms with Crippen LogP contribution in [0, 0.1) is 11.8 Å². The van der Waals surface area contributed by atoms with Crippen LogP contribution in [0.15, 0.2) is 4.99 Å². The molecule has 25 heavy (non-hydrogen) atoms. The number of carbonyl (C=O) groups excluding carboxylic acids is 1. The summed E-state index contributed by atoms with van der Waals surface area (Å²) in [5.41, 5.74) is 0. The van der Waals surface area contributed by atoms with Gasteiger partial charge in [0.15, 0.2) is 5.96 Å². The molecule has 0 spiro atoms. The van der Waals surface area contributed by atoms with Crippen LogP contribution in [0.25, 0.3) is 0 Å². The Kier molecular flexibility index (Phi) is 10.5. The van der Waals surface area contributed by atoms with E-state index in [0.29, 0.717) is 6.04 Å². The first kappa shape index (κ1) is 22.3. The van der Waals surface area contributed by atoms with Crippen molar-refractivity contribution in [3.8, 4) is 0 Å². The average molecular weight is 466 g/mol. The fourth-order valence-electron chi connectivity index (χ4n) is 3.94. The second kappa shape index (κ2) is 11.8. The van der Waals surface area contributed by atoms with Gasteiger partial charge in [0.25, 0.3) is 0 Å². The SMILES string of the molecule is CN=C(NCCC1CCCC(C)C1)NC1CCN(C(=O)OC)CC1.I. The molecule has 1 aliphatic heterocycles. The van der Waals surface area contributed by atoms with Gasteiger partial charge in [-0.2, -0.15) is 0 Å². The van der Waals surface area contributed by atoms with E-state index >= 15 is 0 Å². The predicted octanol–water partition coefficient (Wildman–Crippen LogP) is 3.22. The Bertz CT molecular complexity index is 425. The molecule has 0 aromatic heterocycles. The van der Waals surface area contributed by atoms with Crippen LogP contribution in [0.3, 0.4) is 0 Å². The Hall–Kier alpha value is -0.730. The fourth-order valence-corrected chi connectivity index (χ4v) is 3.94. The summed E-state index contributed by atoms with van der Waals surface area (Å²) in [7, 11) is 3.26. The standard InChI is InChI=1S/C18H34N4O2.HI/c1-14-5-4-6-15(13-14)7-10-20-17(19-2)21-16-8-11-22(12-9-16)18(23)24-3;/h14-16H,4-13H2,1-3H3,(H2,19,20,21);1H. The number of halogens is 1. The molecule has 2 N–H and O–H groups in total. The molecule has 0 bridgehead atoms. The number of amides is 1. The molecular weight excluding hydrogens is 431 g/mol. The summed E-state index contributed by atoms with van der Waals surface area (Å²) in [6.07, 6.45) is 8.40. The van der Waals surface area contributed by atoms with Crippen LogP contribution >= 0.6 is 24.0 Å². The fraction of sp³-hybridized carbons (Fsp3) is 0.889. The molecule has 6 nitrogen and oxygen atoms in total. The summed E-state index contributed by atoms with van der Waals surface area (Å²) in [6.45, 7) is 4.83. The zero-order valence-electron chi connectivity index (χ0n) is 15.9. The quantitative estimate of drug-likeness (QED) is 0.380. The van der Waals surface area contributed by atoms with Gasteiger partial charge in [0.05, 0.1) is 7.11 Å². The largest absolute Gasteiger partial charge is 0.453 e. The van der Waals surface area contributed by atoms with Gasteiger partial charge in [0, 0.05) is 32.7 Å². The van der Waals surface area contributed by atoms with E-state index in [0.717, 1.165) is 50.3 Å². The Labute approximate surface area is 169 Å². The minimum Gasteiger partial charge on any atom is -0.453 e. The Morgan fingerprint density at radius 2 is 1.96 bits per heavy atom. The normalized spacial score (nSPS) is 25.1. The molecule has 1 amide bonds. The van der Waals surface area contributed by atoms with Gasteiger partial charge in [-0.15, -0.1) is 24.0 Å². The number of hydrogen-bond donors (Lipinski definition) is 2. The Morgan fingerprint density at radius 3 is 2.56 bits per heavy atom. The molecule has 1 saturated carbocycles. The van der Waals surface area contributed by atoms with Crippen molar-refractivity contribution in [1.29, 1.82) is 0 Å². The van der Waals surface area contributed by atoms with E-state index in [1.807, 2.05) is 7.05 Å². The lowest BCUT2D eigenvalue weighted by molar-refractivity contribution is 0.111. The minimum atomic E-state index is -0.224. The number of nitrogens with one attached hydrogen (secondary N) is 2. The molecule has 2 fully saturated rings. The van der Waals surface area contributed by atoms with Crippen LogP contribution in [0.1, 0.15) is 51.9 Å². The van der Waals surface area contributed by atoms with Gasteiger partial charge in [0.1, 0.15) is 0 Å². The van der Waals surface area contributed by atoms with E-state index in [1.54, 1.807) is 4.90 Å². The van der Waals surface area contributed by atoms with Crippen molar-refractivity contribution in [2.75, 3.05) is 33.8 Å². The van der Waals surface area contributed by atoms with Crippen molar-refractivity contribution in [3.63, 3.8) is 0 Å². The molecule has 2 atom stereocenters. The number of piperidine rings is 1. The van der Waals surface area contributed by atoms with Crippen LogP contribution in [0.2, 0.25) is 0 Å². The predicted molar refractivity (Wildman–Crippen MR) is 113 cm³/mol. The number of likely N-dealkylation sites (tertiary alicyclic amines) is 1. The first-order chi connectivity index (χ1) is 11.6. The van der Waals surface area contributed by atoms with E-state index in [2.05, 4.69) is 22.5 Å². The second-order valence-corrected chi connectivity index (χ2v) is 7.30. The molecule has 2 rings (SSSR count). The monoisotopic (exact) mass is 466 g/mol. The number of hydrogen-bond acceptors (Lipinski definition) is 3. The molecule has 1 heterocycles. The van der Waals surface area contributed by atoms with Crippen molar-refractivity contribution in [2.45, 2.75) is 57.9 Å². The van der Waals surface area contributed by atoms with E-state index in [1.165, 1.54) is 39.2 Å². The third-order valence-corrected chi connectivity index (χ3v) is 5.38. The zero-order chi connectivity index (χ0) is 17.4. The van der Waals surface area contributed by atoms with Crippen LogP contribution in [-0.2, 0) is 4.74 Å². The summed E-state index contributed by atoms with van der Waals surface area (Å²) >= 11 is 0. The summed E-state index contributed by atoms with van der Waals surface area (Å²) in [4.78, 5) is 17.6. The highest BCUT2D eigenvalue weighted by Gasteiger charge is 2.24. The molecule has 0 aromatic rings. The highest BCUT2D eigenvalue weighted by molar-refractivity contribution is 14.0. The Morgan fingerprint density at radius 1 is 1.24 bits per heavy atom. The van der Waals surface area contributed by atoms with Gasteiger partial charge in [-0.3, -0.25) is 4.99 Å². The maximum atomic E-state index is 11.5. The molecule has 2 unspecified atom stereocenters. The lowest BCUT2D eigenvalue weighted by atomic mass is 9.81. The van der Waals surface area contributed by atoms with E-state index < -0.39 is 0 Å². The van der Waals surface area contributed by atoms with Crippen molar-refractivity contribution < 1.29 is 9.53 Å². The number of nitrogens with zero attached hydrogens (tertiary/aromatic N) is 2. The van der Waals surface area contributed by atoms with Crippen LogP contribution in [0.4, 0.5) is 4.79 Å². The van der Waals surface area contributed by atoms with Gasteiger partial charge >= 0.3 is 6.09 Å². The number of carbonyl (C=O) groups is 1. The van der Waals surface area contributed by atoms with Crippen LogP contribution in [-0.4, -0.2) is 56.8 Å². The van der Waals surface area contributed by atoms with Gasteiger partial charge in [-0.1, -0.05) is 26.2 Å².